The number of ether oxygens (including phenoxy) is 1. The van der Waals surface area contributed by atoms with Gasteiger partial charge in [-0.25, -0.2) is 13.2 Å². The Balaban J connectivity index is 1.95. The number of likely N-dealkylation sites (tertiary alicyclic amines) is 1. The minimum atomic E-state index is -3.66. The van der Waals surface area contributed by atoms with E-state index in [2.05, 4.69) is 0 Å². The highest BCUT2D eigenvalue weighted by molar-refractivity contribution is 8.72. The predicted molar refractivity (Wildman–Crippen MR) is 139 cm³/mol. The van der Waals surface area contributed by atoms with Crippen LogP contribution in [0, 0.1) is 6.92 Å². The molecule has 1 saturated heterocycles. The van der Waals surface area contributed by atoms with Crippen LogP contribution in [0.2, 0.25) is 5.02 Å². The van der Waals surface area contributed by atoms with Crippen LogP contribution >= 0.6 is 22.4 Å². The molecule has 0 aromatic heterocycles. The molecule has 2 atom stereocenters. The van der Waals surface area contributed by atoms with Crippen LogP contribution in [-0.4, -0.2) is 69.6 Å². The molecule has 2 unspecified atom stereocenters. The fourth-order valence-electron chi connectivity index (χ4n) is 3.84. The summed E-state index contributed by atoms with van der Waals surface area (Å²) in [4.78, 5) is 28.9. The Morgan fingerprint density at radius 1 is 1.17 bits per heavy atom. The van der Waals surface area contributed by atoms with Gasteiger partial charge in [0.1, 0.15) is 6.04 Å². The molecule has 1 aliphatic heterocycles. The van der Waals surface area contributed by atoms with Gasteiger partial charge in [-0.15, -0.1) is 0 Å². The summed E-state index contributed by atoms with van der Waals surface area (Å²) in [6.45, 7) is 2.52. The van der Waals surface area contributed by atoms with Gasteiger partial charge in [-0.2, -0.15) is 0 Å². The van der Waals surface area contributed by atoms with Gasteiger partial charge in [0.15, 0.2) is 0 Å². The summed E-state index contributed by atoms with van der Waals surface area (Å²) in [5, 5.41) is -0.0257. The number of halogens is 1. The molecule has 2 aromatic carbocycles. The lowest BCUT2D eigenvalue weighted by atomic mass is 9.98. The van der Waals surface area contributed by atoms with Gasteiger partial charge in [-0.1, -0.05) is 47.5 Å². The van der Waals surface area contributed by atoms with Gasteiger partial charge < -0.3 is 9.64 Å². The first-order chi connectivity index (χ1) is 16.5. The Bertz CT molecular complexity index is 1210. The average Bonchev–Trinajstić information content (AvgIpc) is 2.81. The van der Waals surface area contributed by atoms with E-state index in [0.717, 1.165) is 16.4 Å². The molecule has 0 aliphatic carbocycles. The zero-order chi connectivity index (χ0) is 25.8. The smallest absolute Gasteiger partial charge is 0.327 e. The molecule has 35 heavy (non-hydrogen) atoms. The van der Waals surface area contributed by atoms with Crippen molar-refractivity contribution in [1.29, 1.82) is 0 Å². The number of carbonyl (C=O) groups excluding carboxylic acids is 2. The number of hydrogen-bond donors (Lipinski definition) is 0. The number of benzene rings is 2. The summed E-state index contributed by atoms with van der Waals surface area (Å²) in [5.74, 6) is -0.734. The van der Waals surface area contributed by atoms with E-state index in [1.54, 1.807) is 62.6 Å². The zero-order valence-corrected chi connectivity index (χ0v) is 22.5. The third-order valence-corrected chi connectivity index (χ3v) is 10.0. The third-order valence-electron chi connectivity index (χ3n) is 5.77. The van der Waals surface area contributed by atoms with Crippen LogP contribution in [0.1, 0.15) is 23.6 Å². The van der Waals surface area contributed by atoms with Crippen LogP contribution in [0.25, 0.3) is 0 Å². The second-order valence-corrected chi connectivity index (χ2v) is 13.0. The van der Waals surface area contributed by atoms with Crippen molar-refractivity contribution in [2.24, 2.45) is 0 Å². The van der Waals surface area contributed by atoms with E-state index < -0.39 is 26.1 Å². The number of hydrogen-bond acceptors (Lipinski definition) is 7. The number of aryl methyl sites for hydroxylation is 1. The van der Waals surface area contributed by atoms with E-state index in [-0.39, 0.29) is 17.3 Å². The lowest BCUT2D eigenvalue weighted by molar-refractivity contribution is -0.147. The van der Waals surface area contributed by atoms with E-state index in [1.807, 2.05) is 11.8 Å². The van der Waals surface area contributed by atoms with Crippen molar-refractivity contribution in [1.82, 2.24) is 9.80 Å². The fraction of sp³-hybridized carbons (Fsp3) is 0.360. The molecule has 1 aliphatic rings. The molecule has 3 rings (SSSR count). The normalized spacial score (nSPS) is 18.8. The van der Waals surface area contributed by atoms with Gasteiger partial charge in [-0.3, -0.25) is 9.69 Å². The van der Waals surface area contributed by atoms with Gasteiger partial charge >= 0.3 is 5.97 Å². The maximum Gasteiger partial charge on any atom is 0.327 e. The summed E-state index contributed by atoms with van der Waals surface area (Å²) in [7, 11) is 1.75. The number of nitrogens with zero attached hydrogens (tertiary/aromatic N) is 2. The van der Waals surface area contributed by atoms with Crippen molar-refractivity contribution < 1.29 is 22.7 Å². The molecule has 1 heterocycles. The van der Waals surface area contributed by atoms with Gasteiger partial charge in [0.05, 0.1) is 12.0 Å². The quantitative estimate of drug-likeness (QED) is 0.299. The largest absolute Gasteiger partial charge is 0.468 e. The molecule has 0 saturated carbocycles. The molecule has 2 aromatic rings. The van der Waals surface area contributed by atoms with Crippen molar-refractivity contribution in [3.8, 4) is 0 Å². The van der Waals surface area contributed by atoms with Crippen LogP contribution in [0.4, 0.5) is 0 Å². The van der Waals surface area contributed by atoms with E-state index in [9.17, 15) is 18.0 Å². The maximum absolute atomic E-state index is 13.1. The summed E-state index contributed by atoms with van der Waals surface area (Å²) < 4.78 is 31.4. The molecule has 0 N–H and O–H groups in total. The maximum atomic E-state index is 13.1. The van der Waals surface area contributed by atoms with Crippen LogP contribution in [0.5, 0.6) is 0 Å². The Morgan fingerprint density at radius 3 is 2.43 bits per heavy atom. The molecule has 7 nitrogen and oxygen atoms in total. The Kier molecular flexibility index (Phi) is 9.04. The number of amides is 1. The van der Waals surface area contributed by atoms with Crippen LogP contribution in [0.15, 0.2) is 65.1 Å². The van der Waals surface area contributed by atoms with Gasteiger partial charge in [0, 0.05) is 43.5 Å². The molecule has 0 spiro atoms. The fourth-order valence-corrected chi connectivity index (χ4v) is 7.67. The van der Waals surface area contributed by atoms with Crippen molar-refractivity contribution in [2.45, 2.75) is 29.5 Å². The van der Waals surface area contributed by atoms with E-state index in [4.69, 9.17) is 16.3 Å². The third kappa shape index (κ3) is 6.67. The lowest BCUT2D eigenvalue weighted by Gasteiger charge is -2.38. The highest BCUT2D eigenvalue weighted by atomic mass is 35.5. The van der Waals surface area contributed by atoms with Crippen molar-refractivity contribution in [3.63, 3.8) is 0 Å². The van der Waals surface area contributed by atoms with Crippen LogP contribution in [-0.2, 0) is 23.2 Å². The summed E-state index contributed by atoms with van der Waals surface area (Å²) >= 11 is 6.40. The number of rotatable bonds is 7. The Labute approximate surface area is 215 Å². The topological polar surface area (TPSA) is 84.0 Å². The minimum absolute atomic E-state index is 0.214. The lowest BCUT2D eigenvalue weighted by Crippen LogP contribution is -2.43. The summed E-state index contributed by atoms with van der Waals surface area (Å²) in [5.41, 5.74) is 2.18. The van der Waals surface area contributed by atoms with Crippen LogP contribution < -0.4 is 0 Å². The number of methoxy groups -OCH3 is 1. The molecular weight excluding hydrogens is 508 g/mol. The van der Waals surface area contributed by atoms with Crippen LogP contribution in [0.3, 0.4) is 0 Å². The first-order valence-corrected chi connectivity index (χ1v) is 14.3. The highest BCUT2D eigenvalue weighted by Crippen LogP contribution is 2.39. The Hall–Kier alpha value is -2.33. The van der Waals surface area contributed by atoms with Crippen molar-refractivity contribution >= 4 is 43.1 Å². The number of piperidine rings is 1. The first-order valence-electron chi connectivity index (χ1n) is 11.0. The van der Waals surface area contributed by atoms with Crippen molar-refractivity contribution in [3.05, 3.63) is 76.3 Å². The molecule has 0 radical (unpaired) electrons. The second kappa shape index (κ2) is 11.6. The van der Waals surface area contributed by atoms with E-state index >= 15 is 0 Å². The number of likely N-dealkylation sites (N-methyl/N-ethyl adjacent to an activating group) is 1. The SMILES string of the molecule is COC(=O)C(c1ccccc1Cl)N1CCC(SS(=O)(=O)c2ccc(C)cc2)/C(=C/C(=O)N(C)C)C1. The second-order valence-electron chi connectivity index (χ2n) is 8.51. The van der Waals surface area contributed by atoms with Gasteiger partial charge in [0.2, 0.25) is 14.8 Å². The standard InChI is InChI=1S/C25H29ClN2O5S2/c1-17-9-11-19(12-10-17)35(31,32)34-22-13-14-28(16-18(22)15-23(29)27(2)3)24(25(30)33-4)20-7-5-6-8-21(20)26/h5-12,15,22,24H,13-14,16H2,1-4H3/b18-15+. The highest BCUT2D eigenvalue weighted by Gasteiger charge is 2.37. The van der Waals surface area contributed by atoms with Gasteiger partial charge in [0.25, 0.3) is 0 Å². The Morgan fingerprint density at radius 2 is 1.83 bits per heavy atom. The average molecular weight is 537 g/mol. The van der Waals surface area contributed by atoms with Crippen molar-refractivity contribution in [2.75, 3.05) is 34.3 Å². The molecule has 1 amide bonds. The summed E-state index contributed by atoms with van der Waals surface area (Å²) in [6, 6.07) is 12.9. The number of carbonyl (C=O) groups is 2. The molecule has 0 bridgehead atoms. The molecule has 10 heteroatoms. The molecular formula is C25H29ClN2O5S2. The van der Waals surface area contributed by atoms with E-state index in [0.29, 0.717) is 29.1 Å². The monoisotopic (exact) mass is 536 g/mol. The molecule has 188 valence electrons. The minimum Gasteiger partial charge on any atom is -0.468 e. The zero-order valence-electron chi connectivity index (χ0n) is 20.1. The van der Waals surface area contributed by atoms with Gasteiger partial charge in [-0.05, 0) is 53.5 Å². The predicted octanol–water partition coefficient (Wildman–Crippen LogP) is 4.07. The summed E-state index contributed by atoms with van der Waals surface area (Å²) in [6.07, 6.45) is 1.88. The molecule has 1 fully saturated rings. The number of esters is 1. The van der Waals surface area contributed by atoms with E-state index in [1.165, 1.54) is 18.1 Å². The first kappa shape index (κ1) is 27.3.